The first kappa shape index (κ1) is 23.1. The fourth-order valence-electron chi connectivity index (χ4n) is 3.26. The second-order valence-corrected chi connectivity index (χ2v) is 7.33. The number of hydrogen-bond donors (Lipinski definition) is 2. The first-order chi connectivity index (χ1) is 14.2. The Labute approximate surface area is 177 Å². The third-order valence-electron chi connectivity index (χ3n) is 4.47. The van der Waals surface area contributed by atoms with Crippen molar-refractivity contribution in [2.75, 3.05) is 19.5 Å². The summed E-state index contributed by atoms with van der Waals surface area (Å²) in [6.07, 6.45) is 0. The van der Waals surface area contributed by atoms with E-state index in [0.717, 1.165) is 11.8 Å². The molecule has 0 spiro atoms. The lowest BCUT2D eigenvalue weighted by molar-refractivity contribution is -0.384. The average molecular weight is 434 g/mol. The van der Waals surface area contributed by atoms with Crippen molar-refractivity contribution in [3.8, 4) is 0 Å². The van der Waals surface area contributed by atoms with Gasteiger partial charge in [0.15, 0.2) is 5.17 Å². The zero-order valence-corrected chi connectivity index (χ0v) is 17.5. The zero-order chi connectivity index (χ0) is 22.4. The molecule has 1 heterocycles. The summed E-state index contributed by atoms with van der Waals surface area (Å²) in [7, 11) is 1.22. The van der Waals surface area contributed by atoms with Crippen molar-refractivity contribution in [2.24, 2.45) is 16.6 Å². The average Bonchev–Trinajstić information content (AvgIpc) is 2.71. The molecular weight excluding hydrogens is 412 g/mol. The molecule has 160 valence electrons. The van der Waals surface area contributed by atoms with Crippen LogP contribution in [0.3, 0.4) is 0 Å². The first-order valence-corrected chi connectivity index (χ1v) is 9.94. The Hall–Kier alpha value is -3.21. The van der Waals surface area contributed by atoms with Crippen LogP contribution >= 0.6 is 11.8 Å². The number of nitrogens with one attached hydrogen (secondary N) is 1. The van der Waals surface area contributed by atoms with E-state index in [9.17, 15) is 19.7 Å². The summed E-state index contributed by atoms with van der Waals surface area (Å²) in [5, 5.41) is 18.6. The first-order valence-electron chi connectivity index (χ1n) is 8.95. The topological polar surface area (TPSA) is 158 Å². The number of carbonyl (C=O) groups is 2. The van der Waals surface area contributed by atoms with E-state index in [2.05, 4.69) is 4.99 Å². The number of nitro groups is 1. The SMILES string of the molecule is CCOC(=O)C1=C(CSC(=N)N)N=C(C)C(C(=O)OC)C1c1cccc([N+](=O)[O-])c1. The number of carbonyl (C=O) groups excluding carboxylic acids is 2. The number of amidine groups is 1. The molecule has 1 aromatic carbocycles. The second-order valence-electron chi connectivity index (χ2n) is 6.32. The predicted molar refractivity (Wildman–Crippen MR) is 112 cm³/mol. The summed E-state index contributed by atoms with van der Waals surface area (Å²) in [6, 6.07) is 5.71. The zero-order valence-electron chi connectivity index (χ0n) is 16.7. The number of thioether (sulfide) groups is 1. The monoisotopic (exact) mass is 434 g/mol. The molecule has 30 heavy (non-hydrogen) atoms. The van der Waals surface area contributed by atoms with Gasteiger partial charge in [-0.05, 0) is 19.4 Å². The van der Waals surface area contributed by atoms with Crippen LogP contribution in [0.4, 0.5) is 5.69 Å². The molecule has 0 fully saturated rings. The van der Waals surface area contributed by atoms with Crippen LogP contribution in [0.15, 0.2) is 40.5 Å². The van der Waals surface area contributed by atoms with E-state index in [-0.39, 0.29) is 28.8 Å². The van der Waals surface area contributed by atoms with Gasteiger partial charge in [-0.15, -0.1) is 0 Å². The van der Waals surface area contributed by atoms with Crippen LogP contribution in [-0.4, -0.2) is 47.2 Å². The fourth-order valence-corrected chi connectivity index (χ4v) is 3.78. The standard InChI is InChI=1S/C19H22N4O6S/c1-4-29-18(25)16-13(9-30-19(20)21)22-10(2)14(17(24)28-3)15(16)11-6-5-7-12(8-11)23(26)27/h5-8,14-15H,4,9H2,1-3H3,(H3,20,21). The number of non-ortho nitro benzene ring substituents is 1. The number of ether oxygens (including phenoxy) is 2. The highest BCUT2D eigenvalue weighted by molar-refractivity contribution is 8.13. The van der Waals surface area contributed by atoms with E-state index in [0.29, 0.717) is 17.0 Å². The summed E-state index contributed by atoms with van der Waals surface area (Å²) in [6.45, 7) is 3.34. The maximum atomic E-state index is 12.9. The van der Waals surface area contributed by atoms with Gasteiger partial charge in [0.2, 0.25) is 0 Å². The van der Waals surface area contributed by atoms with E-state index in [1.807, 2.05) is 0 Å². The number of hydrogen-bond acceptors (Lipinski definition) is 9. The van der Waals surface area contributed by atoms with Gasteiger partial charge in [0.05, 0.1) is 29.9 Å². The molecule has 0 aromatic heterocycles. The van der Waals surface area contributed by atoms with E-state index >= 15 is 0 Å². The molecule has 0 bridgehead atoms. The van der Waals surface area contributed by atoms with E-state index in [1.54, 1.807) is 19.9 Å². The Bertz CT molecular complexity index is 943. The summed E-state index contributed by atoms with van der Waals surface area (Å²) in [5.74, 6) is -3.11. The minimum absolute atomic E-state index is 0.0860. The molecule has 0 saturated heterocycles. The quantitative estimate of drug-likeness (QED) is 0.218. The largest absolute Gasteiger partial charge is 0.468 e. The molecule has 2 atom stereocenters. The lowest BCUT2D eigenvalue weighted by Gasteiger charge is -2.31. The number of nitro benzene ring substituents is 1. The van der Waals surface area contributed by atoms with Crippen molar-refractivity contribution in [3.63, 3.8) is 0 Å². The summed E-state index contributed by atoms with van der Waals surface area (Å²) in [4.78, 5) is 40.6. The van der Waals surface area contributed by atoms with Crippen molar-refractivity contribution in [1.82, 2.24) is 0 Å². The fraction of sp³-hybridized carbons (Fsp3) is 0.368. The van der Waals surface area contributed by atoms with Crippen molar-refractivity contribution in [3.05, 3.63) is 51.2 Å². The lowest BCUT2D eigenvalue weighted by Crippen LogP contribution is -2.36. The highest BCUT2D eigenvalue weighted by Crippen LogP contribution is 2.41. The Morgan fingerprint density at radius 2 is 2.10 bits per heavy atom. The van der Waals surface area contributed by atoms with Gasteiger partial charge in [0.1, 0.15) is 5.92 Å². The molecule has 0 radical (unpaired) electrons. The van der Waals surface area contributed by atoms with Crippen LogP contribution < -0.4 is 5.73 Å². The van der Waals surface area contributed by atoms with Gasteiger partial charge in [-0.25, -0.2) is 4.79 Å². The number of nitrogens with zero attached hydrogens (tertiary/aromatic N) is 2. The van der Waals surface area contributed by atoms with Crippen molar-refractivity contribution >= 4 is 40.3 Å². The van der Waals surface area contributed by atoms with E-state index in [4.69, 9.17) is 20.6 Å². The van der Waals surface area contributed by atoms with Crippen LogP contribution in [0, 0.1) is 21.4 Å². The molecule has 2 unspecified atom stereocenters. The van der Waals surface area contributed by atoms with Gasteiger partial charge in [-0.2, -0.15) is 0 Å². The number of nitrogens with two attached hydrogens (primary N) is 1. The number of aliphatic imine (C=N–C) groups is 1. The molecule has 3 N–H and O–H groups in total. The van der Waals surface area contributed by atoms with Gasteiger partial charge in [0, 0.05) is 29.5 Å². The normalized spacial score (nSPS) is 18.4. The number of benzene rings is 1. The van der Waals surface area contributed by atoms with E-state index < -0.39 is 28.7 Å². The number of esters is 2. The number of rotatable bonds is 7. The van der Waals surface area contributed by atoms with Gasteiger partial charge in [-0.1, -0.05) is 23.9 Å². The van der Waals surface area contributed by atoms with Crippen LogP contribution in [0.2, 0.25) is 0 Å². The third kappa shape index (κ3) is 5.03. The summed E-state index contributed by atoms with van der Waals surface area (Å²) in [5.41, 5.74) is 6.39. The Morgan fingerprint density at radius 1 is 1.40 bits per heavy atom. The molecule has 0 saturated carbocycles. The second kappa shape index (κ2) is 10.0. The van der Waals surface area contributed by atoms with Crippen LogP contribution in [0.5, 0.6) is 0 Å². The van der Waals surface area contributed by atoms with Crippen LogP contribution in [0.25, 0.3) is 0 Å². The summed E-state index contributed by atoms with van der Waals surface area (Å²) < 4.78 is 10.1. The van der Waals surface area contributed by atoms with Gasteiger partial charge < -0.3 is 15.2 Å². The van der Waals surface area contributed by atoms with Crippen molar-refractivity contribution < 1.29 is 24.0 Å². The lowest BCUT2D eigenvalue weighted by atomic mass is 9.75. The van der Waals surface area contributed by atoms with Crippen molar-refractivity contribution in [2.45, 2.75) is 19.8 Å². The minimum Gasteiger partial charge on any atom is -0.468 e. The Balaban J connectivity index is 2.75. The maximum Gasteiger partial charge on any atom is 0.336 e. The van der Waals surface area contributed by atoms with Crippen LogP contribution in [-0.2, 0) is 19.1 Å². The molecule has 1 aliphatic heterocycles. The molecule has 11 heteroatoms. The van der Waals surface area contributed by atoms with Gasteiger partial charge in [0.25, 0.3) is 5.69 Å². The highest BCUT2D eigenvalue weighted by atomic mass is 32.2. The molecular formula is C19H22N4O6S. The highest BCUT2D eigenvalue weighted by Gasteiger charge is 2.43. The Kier molecular flexibility index (Phi) is 7.70. The van der Waals surface area contributed by atoms with Crippen LogP contribution in [0.1, 0.15) is 25.3 Å². The van der Waals surface area contributed by atoms with Gasteiger partial charge >= 0.3 is 11.9 Å². The summed E-state index contributed by atoms with van der Waals surface area (Å²) >= 11 is 0.964. The maximum absolute atomic E-state index is 12.9. The van der Waals surface area contributed by atoms with E-state index in [1.165, 1.54) is 25.3 Å². The molecule has 2 rings (SSSR count). The predicted octanol–water partition coefficient (Wildman–Crippen LogP) is 2.39. The molecule has 10 nitrogen and oxygen atoms in total. The van der Waals surface area contributed by atoms with Gasteiger partial charge in [-0.3, -0.25) is 25.3 Å². The molecule has 0 amide bonds. The third-order valence-corrected chi connectivity index (χ3v) is 5.20. The Morgan fingerprint density at radius 3 is 2.67 bits per heavy atom. The minimum atomic E-state index is -0.970. The number of methoxy groups -OCH3 is 1. The molecule has 1 aliphatic rings. The molecule has 0 aliphatic carbocycles. The molecule has 1 aromatic rings. The van der Waals surface area contributed by atoms with Crippen molar-refractivity contribution in [1.29, 1.82) is 5.41 Å². The smallest absolute Gasteiger partial charge is 0.336 e.